The Morgan fingerprint density at radius 3 is 2.61 bits per heavy atom. The van der Waals surface area contributed by atoms with Crippen molar-refractivity contribution in [3.63, 3.8) is 0 Å². The Morgan fingerprint density at radius 2 is 2.00 bits per heavy atom. The molecule has 1 aliphatic heterocycles. The van der Waals surface area contributed by atoms with Gasteiger partial charge in [0, 0.05) is 39.3 Å². The molecule has 2 heterocycles. The number of hydrogen-bond donors (Lipinski definition) is 0. The van der Waals surface area contributed by atoms with Gasteiger partial charge in [0.15, 0.2) is 0 Å². The molecular formula is C21H23ClN4O3S2. The number of piperazine rings is 1. The Morgan fingerprint density at radius 1 is 1.26 bits per heavy atom. The third-order valence-electron chi connectivity index (χ3n) is 4.94. The first-order chi connectivity index (χ1) is 14.8. The molecule has 0 N–H and O–H groups in total. The van der Waals surface area contributed by atoms with E-state index in [4.69, 9.17) is 16.9 Å². The average Bonchev–Trinajstić information content (AvgIpc) is 3.21. The van der Waals surface area contributed by atoms with Gasteiger partial charge in [0.1, 0.15) is 4.21 Å². The molecule has 0 radical (unpaired) electrons. The minimum atomic E-state index is -3.59. The van der Waals surface area contributed by atoms with Gasteiger partial charge in [-0.15, -0.1) is 17.9 Å². The van der Waals surface area contributed by atoms with Crippen LogP contribution in [0.5, 0.6) is 0 Å². The Kier molecular flexibility index (Phi) is 7.86. The monoisotopic (exact) mass is 478 g/mol. The van der Waals surface area contributed by atoms with Gasteiger partial charge < -0.3 is 4.90 Å². The van der Waals surface area contributed by atoms with Gasteiger partial charge in [0.05, 0.1) is 22.5 Å². The molecule has 1 fully saturated rings. The minimum Gasteiger partial charge on any atom is -0.339 e. The molecule has 1 aliphatic rings. The van der Waals surface area contributed by atoms with Crippen molar-refractivity contribution in [1.29, 1.82) is 5.26 Å². The molecule has 0 aliphatic carbocycles. The summed E-state index contributed by atoms with van der Waals surface area (Å²) in [4.78, 5) is 16.5. The number of carbonyl (C=O) groups is 1. The smallest absolute Gasteiger partial charge is 0.252 e. The van der Waals surface area contributed by atoms with Crippen LogP contribution in [0.3, 0.4) is 0 Å². The second-order valence-electron chi connectivity index (χ2n) is 7.11. The summed E-state index contributed by atoms with van der Waals surface area (Å²) in [5, 5.41) is 9.07. The van der Waals surface area contributed by atoms with E-state index in [2.05, 4.69) is 12.6 Å². The second kappa shape index (κ2) is 10.4. The molecule has 1 aromatic carbocycles. The summed E-state index contributed by atoms with van der Waals surface area (Å²) in [5.74, 6) is -0.0606. The molecule has 1 amide bonds. The number of hydrogen-bond acceptors (Lipinski definition) is 6. The summed E-state index contributed by atoms with van der Waals surface area (Å²) >= 11 is 6.91. The number of thiophene rings is 1. The van der Waals surface area contributed by atoms with Crippen LogP contribution < -0.4 is 0 Å². The quantitative estimate of drug-likeness (QED) is 0.545. The Hall–Kier alpha value is -2.22. The van der Waals surface area contributed by atoms with E-state index >= 15 is 0 Å². The molecule has 3 rings (SSSR count). The van der Waals surface area contributed by atoms with Crippen molar-refractivity contribution in [2.24, 2.45) is 0 Å². The van der Waals surface area contributed by atoms with Crippen LogP contribution in [0, 0.1) is 11.3 Å². The highest BCUT2D eigenvalue weighted by atomic mass is 35.5. The van der Waals surface area contributed by atoms with Gasteiger partial charge in [0.2, 0.25) is 5.91 Å². The van der Waals surface area contributed by atoms with E-state index in [1.807, 2.05) is 17.0 Å². The highest BCUT2D eigenvalue weighted by Crippen LogP contribution is 2.28. The molecule has 7 nitrogen and oxygen atoms in total. The van der Waals surface area contributed by atoms with Gasteiger partial charge in [-0.3, -0.25) is 9.69 Å². The summed E-state index contributed by atoms with van der Waals surface area (Å²) in [5.41, 5.74) is 1.52. The van der Waals surface area contributed by atoms with Gasteiger partial charge in [-0.2, -0.15) is 9.57 Å². The van der Waals surface area contributed by atoms with Gasteiger partial charge in [-0.1, -0.05) is 29.8 Å². The predicted molar refractivity (Wildman–Crippen MR) is 121 cm³/mol. The largest absolute Gasteiger partial charge is 0.339 e. The molecular weight excluding hydrogens is 456 g/mol. The fourth-order valence-corrected chi connectivity index (χ4v) is 6.46. The van der Waals surface area contributed by atoms with Crippen LogP contribution >= 0.6 is 22.9 Å². The number of amides is 1. The lowest BCUT2D eigenvalue weighted by atomic mass is 10.1. The highest BCUT2D eigenvalue weighted by Gasteiger charge is 2.31. The average molecular weight is 479 g/mol. The van der Waals surface area contributed by atoms with E-state index in [-0.39, 0.29) is 29.8 Å². The van der Waals surface area contributed by atoms with Gasteiger partial charge >= 0.3 is 0 Å². The summed E-state index contributed by atoms with van der Waals surface area (Å²) in [6.07, 6.45) is 1.73. The van der Waals surface area contributed by atoms with Crippen LogP contribution in [-0.2, 0) is 21.4 Å². The van der Waals surface area contributed by atoms with Crippen molar-refractivity contribution in [3.8, 4) is 6.07 Å². The van der Waals surface area contributed by atoms with Crippen LogP contribution in [-0.4, -0.2) is 67.7 Å². The molecule has 0 bridgehead atoms. The van der Waals surface area contributed by atoms with E-state index in [0.717, 1.165) is 16.9 Å². The third kappa shape index (κ3) is 5.93. The predicted octanol–water partition coefficient (Wildman–Crippen LogP) is 2.79. The number of nitriles is 1. The van der Waals surface area contributed by atoms with Gasteiger partial charge in [0.25, 0.3) is 10.0 Å². The van der Waals surface area contributed by atoms with Gasteiger partial charge in [-0.05, 0) is 29.8 Å². The van der Waals surface area contributed by atoms with E-state index in [1.54, 1.807) is 29.2 Å². The zero-order chi connectivity index (χ0) is 22.4. The van der Waals surface area contributed by atoms with Crippen molar-refractivity contribution in [3.05, 3.63) is 64.5 Å². The first-order valence-electron chi connectivity index (χ1n) is 9.69. The van der Waals surface area contributed by atoms with Crippen molar-refractivity contribution >= 4 is 38.9 Å². The maximum Gasteiger partial charge on any atom is 0.252 e. The fourth-order valence-electron chi connectivity index (χ4n) is 3.40. The van der Waals surface area contributed by atoms with E-state index in [9.17, 15) is 13.2 Å². The van der Waals surface area contributed by atoms with Crippen LogP contribution in [0.4, 0.5) is 0 Å². The number of halogens is 1. The molecule has 1 saturated heterocycles. The van der Waals surface area contributed by atoms with E-state index in [1.165, 1.54) is 10.4 Å². The Balaban J connectivity index is 1.58. The van der Waals surface area contributed by atoms with Crippen LogP contribution in [0.15, 0.2) is 53.3 Å². The normalized spacial score (nSPS) is 15.1. The first kappa shape index (κ1) is 23.4. The standard InChI is InChI=1S/C21H23ClN4O3S2/c1-2-8-24(15-18-5-3-4-17(13-18)14-23)16-20(27)25-9-11-26(12-10-25)31(28,29)21-7-6-19(22)30-21/h2-7,13H,1,8-12,15-16H2. The molecule has 0 saturated carbocycles. The van der Waals surface area contributed by atoms with Crippen molar-refractivity contribution in [2.45, 2.75) is 10.8 Å². The highest BCUT2D eigenvalue weighted by molar-refractivity contribution is 7.91. The maximum absolute atomic E-state index is 12.8. The lowest BCUT2D eigenvalue weighted by Crippen LogP contribution is -2.52. The molecule has 0 atom stereocenters. The lowest BCUT2D eigenvalue weighted by Gasteiger charge is -2.35. The summed E-state index contributed by atoms with van der Waals surface area (Å²) in [6.45, 7) is 6.15. The molecule has 0 spiro atoms. The van der Waals surface area contributed by atoms with E-state index in [0.29, 0.717) is 36.1 Å². The molecule has 0 unspecified atom stereocenters. The van der Waals surface area contributed by atoms with Crippen molar-refractivity contribution in [2.75, 3.05) is 39.3 Å². The van der Waals surface area contributed by atoms with Crippen LogP contribution in [0.2, 0.25) is 4.34 Å². The van der Waals surface area contributed by atoms with Crippen molar-refractivity contribution in [1.82, 2.24) is 14.1 Å². The number of carbonyl (C=O) groups excluding carboxylic acids is 1. The van der Waals surface area contributed by atoms with Crippen LogP contribution in [0.25, 0.3) is 0 Å². The Bertz CT molecular complexity index is 1090. The zero-order valence-electron chi connectivity index (χ0n) is 16.9. The first-order valence-corrected chi connectivity index (χ1v) is 12.3. The zero-order valence-corrected chi connectivity index (χ0v) is 19.3. The summed E-state index contributed by atoms with van der Waals surface area (Å²) < 4.78 is 27.5. The number of benzene rings is 1. The number of rotatable bonds is 8. The number of nitrogens with zero attached hydrogens (tertiary/aromatic N) is 4. The molecule has 2 aromatic rings. The SMILES string of the molecule is C=CCN(CC(=O)N1CCN(S(=O)(=O)c2ccc(Cl)s2)CC1)Cc1cccc(C#N)c1. The topological polar surface area (TPSA) is 84.7 Å². The fraction of sp³-hybridized carbons (Fsp3) is 0.333. The van der Waals surface area contributed by atoms with Crippen LogP contribution in [0.1, 0.15) is 11.1 Å². The van der Waals surface area contributed by atoms with E-state index < -0.39 is 10.0 Å². The number of sulfonamides is 1. The third-order valence-corrected chi connectivity index (χ3v) is 8.54. The second-order valence-corrected chi connectivity index (χ2v) is 11.0. The lowest BCUT2D eigenvalue weighted by molar-refractivity contribution is -0.133. The maximum atomic E-state index is 12.8. The van der Waals surface area contributed by atoms with Gasteiger partial charge in [-0.25, -0.2) is 8.42 Å². The summed E-state index contributed by atoms with van der Waals surface area (Å²) in [6, 6.07) is 12.5. The summed E-state index contributed by atoms with van der Waals surface area (Å²) in [7, 11) is -3.59. The minimum absolute atomic E-state index is 0.0606. The Labute approximate surface area is 191 Å². The molecule has 10 heteroatoms. The van der Waals surface area contributed by atoms with Crippen molar-refractivity contribution < 1.29 is 13.2 Å². The molecule has 164 valence electrons. The molecule has 1 aromatic heterocycles. The molecule has 31 heavy (non-hydrogen) atoms.